The second-order valence-electron chi connectivity index (χ2n) is 5.68. The predicted octanol–water partition coefficient (Wildman–Crippen LogP) is 2.54. The lowest BCUT2D eigenvalue weighted by Gasteiger charge is -2.20. The number of nitrogens with two attached hydrogens (primary N) is 1. The standard InChI is InChI=1S/C18H17ClN2O5/c1-10-2-3-11(18(20)23)14(6-10)26-9-17(22)21-13-8-16-15(7-12(13)19)24-4-5-25-16/h2-3,6-8H,4-5,9H2,1H3,(H2,20,23)(H,21,22). The number of primary amides is 1. The molecule has 136 valence electrons. The summed E-state index contributed by atoms with van der Waals surface area (Å²) in [5.41, 5.74) is 6.78. The minimum Gasteiger partial charge on any atom is -0.486 e. The lowest BCUT2D eigenvalue weighted by atomic mass is 10.1. The topological polar surface area (TPSA) is 99.9 Å². The van der Waals surface area contributed by atoms with Crippen molar-refractivity contribution in [2.24, 2.45) is 5.73 Å². The van der Waals surface area contributed by atoms with Crippen LogP contribution in [0.2, 0.25) is 5.02 Å². The Hall–Kier alpha value is -2.93. The Bertz CT molecular complexity index is 869. The van der Waals surface area contributed by atoms with Crippen molar-refractivity contribution in [2.75, 3.05) is 25.1 Å². The van der Waals surface area contributed by atoms with Gasteiger partial charge in [-0.2, -0.15) is 0 Å². The first-order chi connectivity index (χ1) is 12.4. The molecule has 2 amide bonds. The van der Waals surface area contributed by atoms with Gasteiger partial charge in [-0.3, -0.25) is 9.59 Å². The molecule has 0 atom stereocenters. The van der Waals surface area contributed by atoms with Gasteiger partial charge in [-0.1, -0.05) is 17.7 Å². The van der Waals surface area contributed by atoms with E-state index in [1.807, 2.05) is 6.92 Å². The number of carbonyl (C=O) groups excluding carboxylic acids is 2. The molecule has 0 bridgehead atoms. The molecule has 0 fully saturated rings. The molecule has 0 saturated heterocycles. The molecule has 1 aliphatic rings. The summed E-state index contributed by atoms with van der Waals surface area (Å²) < 4.78 is 16.3. The minimum absolute atomic E-state index is 0.209. The van der Waals surface area contributed by atoms with Gasteiger partial charge >= 0.3 is 0 Å². The van der Waals surface area contributed by atoms with Crippen molar-refractivity contribution < 1.29 is 23.8 Å². The number of hydrogen-bond donors (Lipinski definition) is 2. The lowest BCUT2D eigenvalue weighted by Crippen LogP contribution is -2.22. The number of fused-ring (bicyclic) bond motifs is 1. The molecule has 0 aliphatic carbocycles. The molecule has 3 N–H and O–H groups in total. The Balaban J connectivity index is 1.69. The maximum atomic E-state index is 12.2. The summed E-state index contributed by atoms with van der Waals surface area (Å²) in [6.07, 6.45) is 0. The number of aryl methyl sites for hydroxylation is 1. The minimum atomic E-state index is -0.629. The summed E-state index contributed by atoms with van der Waals surface area (Å²) >= 11 is 6.16. The molecule has 7 nitrogen and oxygen atoms in total. The van der Waals surface area contributed by atoms with Gasteiger partial charge in [0, 0.05) is 12.1 Å². The van der Waals surface area contributed by atoms with E-state index in [4.69, 9.17) is 31.5 Å². The van der Waals surface area contributed by atoms with Gasteiger partial charge in [0.05, 0.1) is 16.3 Å². The van der Waals surface area contributed by atoms with Crippen LogP contribution in [0.15, 0.2) is 30.3 Å². The van der Waals surface area contributed by atoms with E-state index in [1.165, 1.54) is 0 Å². The van der Waals surface area contributed by atoms with E-state index < -0.39 is 11.8 Å². The number of amides is 2. The highest BCUT2D eigenvalue weighted by atomic mass is 35.5. The molecule has 0 aromatic heterocycles. The molecule has 0 radical (unpaired) electrons. The van der Waals surface area contributed by atoms with Gasteiger partial charge in [0.15, 0.2) is 18.1 Å². The number of carbonyl (C=O) groups is 2. The molecule has 1 heterocycles. The van der Waals surface area contributed by atoms with Crippen LogP contribution in [0.25, 0.3) is 0 Å². The third-order valence-corrected chi connectivity index (χ3v) is 3.98. The van der Waals surface area contributed by atoms with Crippen LogP contribution in [0.4, 0.5) is 5.69 Å². The fourth-order valence-electron chi connectivity index (χ4n) is 2.44. The van der Waals surface area contributed by atoms with Crippen molar-refractivity contribution in [1.82, 2.24) is 0 Å². The SMILES string of the molecule is Cc1ccc(C(N)=O)c(OCC(=O)Nc2cc3c(cc2Cl)OCCO3)c1. The Morgan fingerprint density at radius 3 is 2.58 bits per heavy atom. The predicted molar refractivity (Wildman–Crippen MR) is 96.3 cm³/mol. The Morgan fingerprint density at radius 2 is 1.88 bits per heavy atom. The third-order valence-electron chi connectivity index (χ3n) is 3.67. The molecule has 1 aliphatic heterocycles. The van der Waals surface area contributed by atoms with Crippen LogP contribution in [-0.2, 0) is 4.79 Å². The van der Waals surface area contributed by atoms with Crippen LogP contribution in [0.3, 0.4) is 0 Å². The van der Waals surface area contributed by atoms with E-state index in [2.05, 4.69) is 5.32 Å². The van der Waals surface area contributed by atoms with Crippen molar-refractivity contribution >= 4 is 29.1 Å². The molecule has 8 heteroatoms. The maximum absolute atomic E-state index is 12.2. The maximum Gasteiger partial charge on any atom is 0.262 e. The summed E-state index contributed by atoms with van der Waals surface area (Å²) in [6, 6.07) is 8.11. The van der Waals surface area contributed by atoms with Crippen molar-refractivity contribution in [3.63, 3.8) is 0 Å². The van der Waals surface area contributed by atoms with Crippen LogP contribution < -0.4 is 25.3 Å². The average Bonchev–Trinajstić information content (AvgIpc) is 2.60. The number of ether oxygens (including phenoxy) is 3. The number of nitrogens with one attached hydrogen (secondary N) is 1. The summed E-state index contributed by atoms with van der Waals surface area (Å²) in [7, 11) is 0. The van der Waals surface area contributed by atoms with Gasteiger partial charge in [-0.15, -0.1) is 0 Å². The average molecular weight is 377 g/mol. The molecule has 3 rings (SSSR count). The Kier molecular flexibility index (Phi) is 5.18. The quantitative estimate of drug-likeness (QED) is 0.835. The van der Waals surface area contributed by atoms with E-state index in [0.717, 1.165) is 5.56 Å². The number of anilines is 1. The molecular weight excluding hydrogens is 360 g/mol. The third kappa shape index (κ3) is 4.00. The fraction of sp³-hybridized carbons (Fsp3) is 0.222. The smallest absolute Gasteiger partial charge is 0.262 e. The van der Waals surface area contributed by atoms with Gasteiger partial charge in [-0.05, 0) is 24.6 Å². The van der Waals surface area contributed by atoms with Crippen molar-refractivity contribution in [2.45, 2.75) is 6.92 Å². The van der Waals surface area contributed by atoms with E-state index in [9.17, 15) is 9.59 Å². The normalized spacial score (nSPS) is 12.4. The largest absolute Gasteiger partial charge is 0.486 e. The zero-order valence-electron chi connectivity index (χ0n) is 14.0. The van der Waals surface area contributed by atoms with Gasteiger partial charge in [0.2, 0.25) is 0 Å². The van der Waals surface area contributed by atoms with E-state index in [1.54, 1.807) is 30.3 Å². The van der Waals surface area contributed by atoms with Crippen LogP contribution >= 0.6 is 11.6 Å². The number of rotatable bonds is 5. The summed E-state index contributed by atoms with van der Waals surface area (Å²) in [5, 5.41) is 2.96. The molecule has 2 aromatic rings. The van der Waals surface area contributed by atoms with E-state index in [-0.39, 0.29) is 17.9 Å². The van der Waals surface area contributed by atoms with Crippen molar-refractivity contribution in [1.29, 1.82) is 0 Å². The molecule has 2 aromatic carbocycles. The zero-order valence-corrected chi connectivity index (χ0v) is 14.8. The Morgan fingerprint density at radius 1 is 1.19 bits per heavy atom. The highest BCUT2D eigenvalue weighted by molar-refractivity contribution is 6.34. The van der Waals surface area contributed by atoms with Gasteiger partial charge in [0.1, 0.15) is 19.0 Å². The van der Waals surface area contributed by atoms with Crippen LogP contribution in [0.5, 0.6) is 17.2 Å². The molecule has 0 unspecified atom stereocenters. The Labute approximate surface area is 155 Å². The van der Waals surface area contributed by atoms with Gasteiger partial charge in [-0.25, -0.2) is 0 Å². The van der Waals surface area contributed by atoms with E-state index in [0.29, 0.717) is 35.4 Å². The molecular formula is C18H17ClN2O5. The van der Waals surface area contributed by atoms with Crippen molar-refractivity contribution in [3.05, 3.63) is 46.5 Å². The summed E-state index contributed by atoms with van der Waals surface area (Å²) in [5.74, 6) is 0.213. The number of halogens is 1. The monoisotopic (exact) mass is 376 g/mol. The van der Waals surface area contributed by atoms with Crippen molar-refractivity contribution in [3.8, 4) is 17.2 Å². The number of hydrogen-bond acceptors (Lipinski definition) is 5. The summed E-state index contributed by atoms with van der Waals surface area (Å²) in [4.78, 5) is 23.6. The first kappa shape index (κ1) is 17.9. The first-order valence-corrected chi connectivity index (χ1v) is 8.24. The molecule has 26 heavy (non-hydrogen) atoms. The number of benzene rings is 2. The van der Waals surface area contributed by atoms with Gasteiger partial charge in [0.25, 0.3) is 11.8 Å². The van der Waals surface area contributed by atoms with Crippen LogP contribution in [-0.4, -0.2) is 31.6 Å². The summed E-state index contributed by atoms with van der Waals surface area (Å²) in [6.45, 7) is 2.40. The molecule has 0 saturated carbocycles. The molecule has 0 spiro atoms. The highest BCUT2D eigenvalue weighted by Gasteiger charge is 2.17. The van der Waals surface area contributed by atoms with Crippen LogP contribution in [0, 0.1) is 6.92 Å². The highest BCUT2D eigenvalue weighted by Crippen LogP contribution is 2.37. The zero-order chi connectivity index (χ0) is 18.7. The second-order valence-corrected chi connectivity index (χ2v) is 6.08. The van der Waals surface area contributed by atoms with E-state index >= 15 is 0 Å². The van der Waals surface area contributed by atoms with Crippen LogP contribution in [0.1, 0.15) is 15.9 Å². The lowest BCUT2D eigenvalue weighted by molar-refractivity contribution is -0.118. The fourth-order valence-corrected chi connectivity index (χ4v) is 2.64. The first-order valence-electron chi connectivity index (χ1n) is 7.86. The second kappa shape index (κ2) is 7.53. The van der Waals surface area contributed by atoms with Gasteiger partial charge < -0.3 is 25.3 Å².